The van der Waals surface area contributed by atoms with Gasteiger partial charge in [0.1, 0.15) is 18.2 Å². The summed E-state index contributed by atoms with van der Waals surface area (Å²) in [6.45, 7) is 6.56. The monoisotopic (exact) mass is 635 g/mol. The van der Waals surface area contributed by atoms with Gasteiger partial charge in [-0.05, 0) is 32.8 Å². The Balaban J connectivity index is 1.59. The molecule has 0 saturated carbocycles. The van der Waals surface area contributed by atoms with Crippen molar-refractivity contribution in [1.29, 1.82) is 0 Å². The highest BCUT2D eigenvalue weighted by molar-refractivity contribution is 7.51. The lowest BCUT2D eigenvalue weighted by Gasteiger charge is -2.29. The summed E-state index contributed by atoms with van der Waals surface area (Å²) >= 11 is 0. The van der Waals surface area contributed by atoms with Crippen LogP contribution in [0.4, 0.5) is 5.95 Å². The number of nitrogen functional groups attached to an aromatic ring is 1. The van der Waals surface area contributed by atoms with Crippen molar-refractivity contribution in [2.45, 2.75) is 83.1 Å². The van der Waals surface area contributed by atoms with Crippen LogP contribution in [-0.2, 0) is 27.9 Å². The first kappa shape index (κ1) is 33.7. The van der Waals surface area contributed by atoms with Crippen molar-refractivity contribution in [3.05, 3.63) is 42.2 Å². The number of ether oxygens (including phenoxy) is 3. The number of nitrogens with two attached hydrogens (primary N) is 2. The number of aliphatic hydroxyl groups is 1. The largest absolute Gasteiger partial charge is 0.479 e. The van der Waals surface area contributed by atoms with Crippen LogP contribution in [0.15, 0.2) is 36.7 Å². The number of rotatable bonds is 15. The summed E-state index contributed by atoms with van der Waals surface area (Å²) in [7, 11) is -2.80. The van der Waals surface area contributed by atoms with Crippen LogP contribution in [0, 0.1) is 0 Å². The maximum absolute atomic E-state index is 14.3. The van der Waals surface area contributed by atoms with Crippen molar-refractivity contribution < 1.29 is 37.7 Å². The van der Waals surface area contributed by atoms with E-state index >= 15 is 0 Å². The van der Waals surface area contributed by atoms with Crippen LogP contribution in [0.5, 0.6) is 5.88 Å². The zero-order valence-electron chi connectivity index (χ0n) is 25.6. The fourth-order valence-electron chi connectivity index (χ4n) is 4.98. The van der Waals surface area contributed by atoms with Crippen molar-refractivity contribution in [2.75, 3.05) is 26.1 Å². The molecule has 0 spiro atoms. The fourth-order valence-corrected chi connectivity index (χ4v) is 6.66. The van der Waals surface area contributed by atoms with Crippen LogP contribution >= 0.6 is 7.75 Å². The molecule has 7 atom stereocenters. The van der Waals surface area contributed by atoms with E-state index < -0.39 is 56.4 Å². The predicted molar refractivity (Wildman–Crippen MR) is 161 cm³/mol. The van der Waals surface area contributed by atoms with Crippen molar-refractivity contribution in [1.82, 2.24) is 24.6 Å². The summed E-state index contributed by atoms with van der Waals surface area (Å²) in [4.78, 5) is 25.1. The minimum atomic E-state index is -4.23. The standard InChI is InChI=1S/C28H42N7O8P/c1-6-8-14-19(18-12-10-9-11-13-18)43-44(38,34-17(3)25(37)40-7-2)41-15-20-22(36)28(4,30)26(42-20)35-16-31-21-23(35)32-27(29)33-24(21)39-5/h9-13,16-17,19-20,22,26,36H,6-8,14-15,30H2,1-5H3,(H,34,38)(H2,29,32,33). The zero-order chi connectivity index (χ0) is 32.1. The number of carbonyl (C=O) groups excluding carboxylic acids is 1. The normalized spacial score (nSPS) is 24.6. The molecule has 1 aliphatic heterocycles. The Morgan fingerprint density at radius 3 is 2.66 bits per heavy atom. The van der Waals surface area contributed by atoms with E-state index in [-0.39, 0.29) is 24.1 Å². The van der Waals surface area contributed by atoms with Gasteiger partial charge >= 0.3 is 13.7 Å². The molecule has 0 aliphatic carbocycles. The quantitative estimate of drug-likeness (QED) is 0.140. The second kappa shape index (κ2) is 14.3. The first-order valence-corrected chi connectivity index (χ1v) is 16.1. The Kier molecular flexibility index (Phi) is 10.9. The Morgan fingerprint density at radius 1 is 1.27 bits per heavy atom. The van der Waals surface area contributed by atoms with E-state index in [2.05, 4.69) is 20.0 Å². The van der Waals surface area contributed by atoms with Gasteiger partial charge in [0.2, 0.25) is 11.8 Å². The highest BCUT2D eigenvalue weighted by atomic mass is 31.2. The third-order valence-corrected chi connectivity index (χ3v) is 9.06. The average Bonchev–Trinajstić information content (AvgIpc) is 3.51. The fraction of sp³-hybridized carbons (Fsp3) is 0.571. The van der Waals surface area contributed by atoms with Crippen LogP contribution < -0.4 is 21.3 Å². The molecule has 6 N–H and O–H groups in total. The summed E-state index contributed by atoms with van der Waals surface area (Å²) in [5.74, 6) is -0.510. The van der Waals surface area contributed by atoms with Crippen LogP contribution in [0.3, 0.4) is 0 Å². The summed E-state index contributed by atoms with van der Waals surface area (Å²) in [6, 6.07) is 8.30. The van der Waals surface area contributed by atoms with E-state index in [9.17, 15) is 14.5 Å². The van der Waals surface area contributed by atoms with Gasteiger partial charge < -0.3 is 30.8 Å². The molecule has 4 rings (SSSR count). The van der Waals surface area contributed by atoms with Crippen LogP contribution in [0.1, 0.15) is 64.9 Å². The van der Waals surface area contributed by atoms with Gasteiger partial charge in [-0.25, -0.2) is 14.6 Å². The number of carbonyl (C=O) groups is 1. The Morgan fingerprint density at radius 2 is 2.00 bits per heavy atom. The summed E-state index contributed by atoms with van der Waals surface area (Å²) in [5.41, 5.74) is 12.5. The number of methoxy groups -OCH3 is 1. The van der Waals surface area contributed by atoms with Gasteiger partial charge in [0.15, 0.2) is 17.4 Å². The van der Waals surface area contributed by atoms with Crippen molar-refractivity contribution in [3.8, 4) is 5.88 Å². The van der Waals surface area contributed by atoms with Gasteiger partial charge in [-0.3, -0.25) is 18.4 Å². The number of aromatic nitrogens is 4. The van der Waals surface area contributed by atoms with Gasteiger partial charge in [-0.1, -0.05) is 50.1 Å². The number of imidazole rings is 1. The molecular formula is C28H42N7O8P. The molecule has 1 aromatic carbocycles. The summed E-state index contributed by atoms with van der Waals surface area (Å²) in [5, 5.41) is 14.0. The van der Waals surface area contributed by atoms with Crippen LogP contribution in [-0.4, -0.2) is 74.7 Å². The second-order valence-electron chi connectivity index (χ2n) is 10.8. The molecule has 1 fully saturated rings. The van der Waals surface area contributed by atoms with E-state index in [1.807, 2.05) is 37.3 Å². The first-order valence-electron chi connectivity index (χ1n) is 14.5. The lowest BCUT2D eigenvalue weighted by atomic mass is 9.93. The molecule has 16 heteroatoms. The molecule has 0 bridgehead atoms. The number of esters is 1. The number of unbranched alkanes of at least 4 members (excludes halogenated alkanes) is 1. The maximum Gasteiger partial charge on any atom is 0.406 e. The number of aliphatic hydroxyl groups excluding tert-OH is 1. The highest BCUT2D eigenvalue weighted by Crippen LogP contribution is 2.51. The van der Waals surface area contributed by atoms with Crippen molar-refractivity contribution >= 4 is 30.8 Å². The molecule has 15 nitrogen and oxygen atoms in total. The summed E-state index contributed by atoms with van der Waals surface area (Å²) < 4.78 is 44.4. The van der Waals surface area contributed by atoms with Gasteiger partial charge in [0, 0.05) is 0 Å². The lowest BCUT2D eigenvalue weighted by molar-refractivity contribution is -0.144. The van der Waals surface area contributed by atoms with E-state index in [1.54, 1.807) is 13.8 Å². The maximum atomic E-state index is 14.3. The SMILES string of the molecule is CCCCC(OP(=O)(NC(C)C(=O)OCC)OCC1OC(n2cnc3c(OC)nc(N)nc32)C(C)(N)C1O)c1ccccc1. The van der Waals surface area contributed by atoms with Crippen LogP contribution in [0.25, 0.3) is 11.2 Å². The molecule has 0 amide bonds. The number of anilines is 1. The number of hydrogen-bond acceptors (Lipinski definition) is 13. The number of nitrogens with one attached hydrogen (secondary N) is 1. The molecule has 44 heavy (non-hydrogen) atoms. The minimum Gasteiger partial charge on any atom is -0.479 e. The van der Waals surface area contributed by atoms with E-state index in [0.29, 0.717) is 11.9 Å². The molecule has 2 aromatic heterocycles. The molecule has 1 saturated heterocycles. The van der Waals surface area contributed by atoms with E-state index in [4.69, 9.17) is 34.7 Å². The lowest BCUT2D eigenvalue weighted by Crippen LogP contribution is -2.52. The Labute approximate surface area is 256 Å². The number of hydrogen-bond donors (Lipinski definition) is 4. The van der Waals surface area contributed by atoms with Crippen molar-refractivity contribution in [2.24, 2.45) is 5.73 Å². The molecular weight excluding hydrogens is 593 g/mol. The highest BCUT2D eigenvalue weighted by Gasteiger charge is 2.53. The van der Waals surface area contributed by atoms with Crippen LogP contribution in [0.2, 0.25) is 0 Å². The second-order valence-corrected chi connectivity index (χ2v) is 12.5. The van der Waals surface area contributed by atoms with Gasteiger partial charge in [-0.2, -0.15) is 9.97 Å². The average molecular weight is 636 g/mol. The smallest absolute Gasteiger partial charge is 0.406 e. The number of nitrogens with zero attached hydrogens (tertiary/aromatic N) is 4. The molecule has 3 heterocycles. The summed E-state index contributed by atoms with van der Waals surface area (Å²) in [6.07, 6.45) is -0.273. The van der Waals surface area contributed by atoms with E-state index in [0.717, 1.165) is 18.4 Å². The predicted octanol–water partition coefficient (Wildman–Crippen LogP) is 3.01. The molecule has 242 valence electrons. The van der Waals surface area contributed by atoms with Gasteiger partial charge in [-0.15, -0.1) is 0 Å². The van der Waals surface area contributed by atoms with Crippen molar-refractivity contribution in [3.63, 3.8) is 0 Å². The topological polar surface area (TPSA) is 208 Å². The Bertz CT molecular complexity index is 1460. The third-order valence-electron chi connectivity index (χ3n) is 7.34. The molecule has 1 aliphatic rings. The minimum absolute atomic E-state index is 0.0517. The third kappa shape index (κ3) is 7.37. The Hall–Kier alpha value is -3.17. The van der Waals surface area contributed by atoms with Gasteiger partial charge in [0.05, 0.1) is 38.3 Å². The van der Waals surface area contributed by atoms with E-state index in [1.165, 1.54) is 24.9 Å². The molecule has 3 aromatic rings. The number of fused-ring (bicyclic) bond motifs is 1. The number of benzene rings is 1. The molecule has 0 radical (unpaired) electrons. The zero-order valence-corrected chi connectivity index (χ0v) is 26.5. The van der Waals surface area contributed by atoms with Gasteiger partial charge in [0.25, 0.3) is 0 Å². The molecule has 7 unspecified atom stereocenters. The first-order chi connectivity index (χ1) is 20.9.